The molecule has 0 heterocycles. The summed E-state index contributed by atoms with van der Waals surface area (Å²) in [7, 11) is -8.02. The molecule has 0 radical (unpaired) electrons. The Bertz CT molecular complexity index is 1440. The average Bonchev–Trinajstić information content (AvgIpc) is 2.76. The first-order valence-electron chi connectivity index (χ1n) is 11.0. The fourth-order valence-corrected chi connectivity index (χ4v) is 8.08. The lowest BCUT2D eigenvalue weighted by atomic mass is 10.1. The van der Waals surface area contributed by atoms with Crippen LogP contribution in [0.25, 0.3) is 6.08 Å². The minimum Gasteiger partial charge on any atom is -0.461 e. The Morgan fingerprint density at radius 3 is 2.06 bits per heavy atom. The Hall–Kier alpha value is -3.23. The maximum atomic E-state index is 14.2. The smallest absolute Gasteiger partial charge is 0.320 e. The highest BCUT2D eigenvalue weighted by Crippen LogP contribution is 2.27. The molecule has 0 saturated carbocycles. The third-order valence-corrected chi connectivity index (χ3v) is 9.75. The van der Waals surface area contributed by atoms with Gasteiger partial charge < -0.3 is 4.74 Å². The van der Waals surface area contributed by atoms with Gasteiger partial charge in [-0.25, -0.2) is 4.21 Å². The van der Waals surface area contributed by atoms with Gasteiger partial charge in [0.15, 0.2) is 0 Å². The van der Waals surface area contributed by atoms with Gasteiger partial charge in [0.1, 0.15) is 22.1 Å². The van der Waals surface area contributed by atoms with Crippen LogP contribution in [0.1, 0.15) is 27.8 Å². The first-order valence-corrected chi connectivity index (χ1v) is 14.2. The van der Waals surface area contributed by atoms with Crippen molar-refractivity contribution >= 4 is 31.8 Å². The van der Waals surface area contributed by atoms with Gasteiger partial charge in [-0.1, -0.05) is 71.8 Å². The van der Waals surface area contributed by atoms with Gasteiger partial charge in [0.05, 0.1) is 9.79 Å². The standard InChI is InChI=1S/C27H29NO5S2/c1-20-12-14-25(15-13-20)35(31,32)28-34(30,27-22(3)17-21(2)18-23(27)4)19-26(29)33-16-8-11-24-9-6-5-7-10-24/h5-15,17-18H,16,19H2,1-4H3/b11-8+. The van der Waals surface area contributed by atoms with Crippen LogP contribution in [0.3, 0.4) is 0 Å². The van der Waals surface area contributed by atoms with E-state index in [9.17, 15) is 17.4 Å². The summed E-state index contributed by atoms with van der Waals surface area (Å²) in [6, 6.07) is 19.2. The van der Waals surface area contributed by atoms with Crippen LogP contribution in [-0.4, -0.2) is 31.0 Å². The number of rotatable bonds is 8. The predicted octanol–water partition coefficient (Wildman–Crippen LogP) is 5.39. The van der Waals surface area contributed by atoms with E-state index in [0.717, 1.165) is 16.7 Å². The number of carbonyl (C=O) groups is 1. The highest BCUT2D eigenvalue weighted by atomic mass is 32.3. The van der Waals surface area contributed by atoms with E-state index in [1.807, 2.05) is 44.2 Å². The van der Waals surface area contributed by atoms with Gasteiger partial charge in [-0.15, -0.1) is 3.77 Å². The van der Waals surface area contributed by atoms with Crippen LogP contribution >= 0.6 is 0 Å². The van der Waals surface area contributed by atoms with Crippen molar-refractivity contribution in [1.82, 2.24) is 0 Å². The van der Waals surface area contributed by atoms with Crippen molar-refractivity contribution in [1.29, 1.82) is 0 Å². The second kappa shape index (κ2) is 11.0. The van der Waals surface area contributed by atoms with Crippen LogP contribution in [-0.2, 0) is 29.3 Å². The van der Waals surface area contributed by atoms with Gasteiger partial charge in [-0.3, -0.25) is 4.79 Å². The Balaban J connectivity index is 1.97. The van der Waals surface area contributed by atoms with Gasteiger partial charge in [0.25, 0.3) is 10.0 Å². The molecule has 0 saturated heterocycles. The molecule has 35 heavy (non-hydrogen) atoms. The van der Waals surface area contributed by atoms with E-state index in [-0.39, 0.29) is 16.4 Å². The molecule has 1 unspecified atom stereocenters. The molecule has 0 bridgehead atoms. The normalized spacial score (nSPS) is 13.4. The van der Waals surface area contributed by atoms with E-state index in [0.29, 0.717) is 11.1 Å². The van der Waals surface area contributed by atoms with Crippen molar-refractivity contribution in [3.63, 3.8) is 0 Å². The first-order chi connectivity index (χ1) is 16.5. The summed E-state index contributed by atoms with van der Waals surface area (Å²) in [4.78, 5) is 12.9. The largest absolute Gasteiger partial charge is 0.461 e. The zero-order valence-electron chi connectivity index (χ0n) is 20.2. The third kappa shape index (κ3) is 6.90. The summed E-state index contributed by atoms with van der Waals surface area (Å²) in [5.41, 5.74) is 3.96. The number of carbonyl (C=O) groups excluding carboxylic acids is 1. The number of esters is 1. The molecule has 0 spiro atoms. The van der Waals surface area contributed by atoms with Gasteiger partial charge in [-0.2, -0.15) is 8.42 Å². The molecule has 0 amide bonds. The zero-order valence-corrected chi connectivity index (χ0v) is 21.9. The van der Waals surface area contributed by atoms with Gasteiger partial charge in [-0.05, 0) is 62.6 Å². The number of aryl methyl sites for hydroxylation is 4. The predicted molar refractivity (Wildman–Crippen MR) is 139 cm³/mol. The van der Waals surface area contributed by atoms with Crippen molar-refractivity contribution in [3.05, 3.63) is 101 Å². The quantitative estimate of drug-likeness (QED) is 0.378. The Morgan fingerprint density at radius 2 is 1.46 bits per heavy atom. The third-order valence-electron chi connectivity index (χ3n) is 5.22. The molecule has 0 aromatic heterocycles. The average molecular weight is 512 g/mol. The van der Waals surface area contributed by atoms with Crippen LogP contribution in [0.15, 0.2) is 86.4 Å². The highest BCUT2D eigenvalue weighted by molar-refractivity contribution is 8.03. The molecule has 3 aromatic rings. The minimum absolute atomic E-state index is 0.0418. The number of sulfonamides is 1. The maximum Gasteiger partial charge on any atom is 0.320 e. The summed E-state index contributed by atoms with van der Waals surface area (Å²) in [6.07, 6.45) is 3.46. The van der Waals surface area contributed by atoms with Crippen LogP contribution in [0.5, 0.6) is 0 Å². The minimum atomic E-state index is -4.31. The fourth-order valence-electron chi connectivity index (χ4n) is 3.81. The lowest BCUT2D eigenvalue weighted by molar-refractivity contribution is -0.139. The van der Waals surface area contributed by atoms with Crippen molar-refractivity contribution in [3.8, 4) is 0 Å². The molecule has 1 atom stereocenters. The van der Waals surface area contributed by atoms with Crippen LogP contribution in [0, 0.1) is 27.7 Å². The van der Waals surface area contributed by atoms with E-state index in [1.165, 1.54) is 12.1 Å². The molecule has 3 aromatic carbocycles. The monoisotopic (exact) mass is 511 g/mol. The molecule has 0 aliphatic heterocycles. The van der Waals surface area contributed by atoms with Crippen LogP contribution in [0.4, 0.5) is 0 Å². The summed E-state index contributed by atoms with van der Waals surface area (Å²) in [6.45, 7) is 7.14. The SMILES string of the molecule is Cc1ccc(S(=O)(=O)N=S(=O)(CC(=O)OC/C=C/c2ccccc2)c2c(C)cc(C)cc2C)cc1. The van der Waals surface area contributed by atoms with E-state index in [2.05, 4.69) is 3.77 Å². The molecule has 6 nitrogen and oxygen atoms in total. The molecule has 0 aliphatic carbocycles. The Labute approximate surface area is 207 Å². The molecule has 0 N–H and O–H groups in total. The van der Waals surface area contributed by atoms with Crippen molar-refractivity contribution in [2.75, 3.05) is 12.4 Å². The van der Waals surface area contributed by atoms with E-state index in [4.69, 9.17) is 4.74 Å². The Morgan fingerprint density at radius 1 is 0.857 bits per heavy atom. The number of hydrogen-bond acceptors (Lipinski definition) is 5. The number of nitrogens with zero attached hydrogens (tertiary/aromatic N) is 1. The lowest BCUT2D eigenvalue weighted by Crippen LogP contribution is -2.22. The Kier molecular flexibility index (Phi) is 8.30. The van der Waals surface area contributed by atoms with Gasteiger partial charge in [0, 0.05) is 0 Å². The second-order valence-corrected chi connectivity index (χ2v) is 12.4. The summed E-state index contributed by atoms with van der Waals surface area (Å²) in [5.74, 6) is -1.47. The van der Waals surface area contributed by atoms with Gasteiger partial charge >= 0.3 is 5.97 Å². The summed E-state index contributed by atoms with van der Waals surface area (Å²) >= 11 is 0. The zero-order chi connectivity index (χ0) is 25.6. The molecule has 184 valence electrons. The first kappa shape index (κ1) is 26.4. The summed E-state index contributed by atoms with van der Waals surface area (Å²) in [5, 5.41) is 0. The lowest BCUT2D eigenvalue weighted by Gasteiger charge is -2.16. The molecule has 8 heteroatoms. The topological polar surface area (TPSA) is 89.9 Å². The molecule has 3 rings (SSSR count). The van der Waals surface area contributed by atoms with Crippen LogP contribution < -0.4 is 0 Å². The summed E-state index contributed by atoms with van der Waals surface area (Å²) < 4.78 is 49.5. The number of hydrogen-bond donors (Lipinski definition) is 0. The van der Waals surface area contributed by atoms with E-state index >= 15 is 0 Å². The second-order valence-electron chi connectivity index (χ2n) is 8.37. The number of ether oxygens (including phenoxy) is 1. The highest BCUT2D eigenvalue weighted by Gasteiger charge is 2.27. The molecular weight excluding hydrogens is 482 g/mol. The van der Waals surface area contributed by atoms with Gasteiger partial charge in [0.2, 0.25) is 0 Å². The van der Waals surface area contributed by atoms with E-state index in [1.54, 1.807) is 50.3 Å². The fraction of sp³-hybridized carbons (Fsp3) is 0.222. The van der Waals surface area contributed by atoms with Crippen molar-refractivity contribution < 1.29 is 22.2 Å². The maximum absolute atomic E-state index is 14.2. The number of benzene rings is 3. The van der Waals surface area contributed by atoms with Crippen LogP contribution in [0.2, 0.25) is 0 Å². The molecule has 0 aliphatic rings. The van der Waals surface area contributed by atoms with Crippen molar-refractivity contribution in [2.24, 2.45) is 3.77 Å². The molecule has 0 fully saturated rings. The molecular formula is C27H29NO5S2. The van der Waals surface area contributed by atoms with Crippen molar-refractivity contribution in [2.45, 2.75) is 37.5 Å². The van der Waals surface area contributed by atoms with E-state index < -0.39 is 31.5 Å².